The van der Waals surface area contributed by atoms with Crippen molar-refractivity contribution in [3.05, 3.63) is 24.3 Å². The van der Waals surface area contributed by atoms with Gasteiger partial charge in [0.1, 0.15) is 5.75 Å². The SMILES string of the molecule is C#CCCNS(=O)(=O)c1cccc(O)c1. The van der Waals surface area contributed by atoms with E-state index in [2.05, 4.69) is 10.6 Å². The molecule has 80 valence electrons. The molecule has 0 aliphatic heterocycles. The van der Waals surface area contributed by atoms with Gasteiger partial charge in [0.25, 0.3) is 0 Å². The predicted octanol–water partition coefficient (Wildman–Crippen LogP) is 0.694. The summed E-state index contributed by atoms with van der Waals surface area (Å²) < 4.78 is 25.5. The van der Waals surface area contributed by atoms with Gasteiger partial charge in [-0.05, 0) is 18.2 Å². The maximum Gasteiger partial charge on any atom is 0.240 e. The van der Waals surface area contributed by atoms with Crippen LogP contribution in [0.25, 0.3) is 0 Å². The summed E-state index contributed by atoms with van der Waals surface area (Å²) in [5, 5.41) is 9.12. The van der Waals surface area contributed by atoms with Gasteiger partial charge in [0.15, 0.2) is 0 Å². The number of benzene rings is 1. The molecule has 4 nitrogen and oxygen atoms in total. The van der Waals surface area contributed by atoms with E-state index in [-0.39, 0.29) is 17.2 Å². The minimum absolute atomic E-state index is 0.0273. The lowest BCUT2D eigenvalue weighted by Crippen LogP contribution is -2.24. The van der Waals surface area contributed by atoms with Crippen molar-refractivity contribution in [2.45, 2.75) is 11.3 Å². The van der Waals surface area contributed by atoms with E-state index in [9.17, 15) is 8.42 Å². The molecular formula is C10H11NO3S. The number of aromatic hydroxyl groups is 1. The monoisotopic (exact) mass is 225 g/mol. The van der Waals surface area contributed by atoms with Crippen LogP contribution in [0.1, 0.15) is 6.42 Å². The Balaban J connectivity index is 2.83. The van der Waals surface area contributed by atoms with Crippen LogP contribution >= 0.6 is 0 Å². The Kier molecular flexibility index (Phi) is 3.72. The van der Waals surface area contributed by atoms with Gasteiger partial charge in [-0.25, -0.2) is 13.1 Å². The van der Waals surface area contributed by atoms with Gasteiger partial charge in [0.2, 0.25) is 10.0 Å². The van der Waals surface area contributed by atoms with Crippen molar-refractivity contribution >= 4 is 10.0 Å². The minimum atomic E-state index is -3.56. The first-order valence-electron chi connectivity index (χ1n) is 4.28. The van der Waals surface area contributed by atoms with Crippen molar-refractivity contribution < 1.29 is 13.5 Å². The average molecular weight is 225 g/mol. The van der Waals surface area contributed by atoms with E-state index < -0.39 is 10.0 Å². The molecule has 0 saturated heterocycles. The third kappa shape index (κ3) is 3.27. The molecule has 0 aliphatic carbocycles. The summed E-state index contributed by atoms with van der Waals surface area (Å²) >= 11 is 0. The van der Waals surface area contributed by atoms with Crippen molar-refractivity contribution in [3.63, 3.8) is 0 Å². The van der Waals surface area contributed by atoms with Crippen LogP contribution in [0.2, 0.25) is 0 Å². The molecule has 0 saturated carbocycles. The standard InChI is InChI=1S/C10H11NO3S/c1-2-3-7-11-15(13,14)10-6-4-5-9(12)8-10/h1,4-6,8,11-12H,3,7H2. The molecule has 0 spiro atoms. The molecule has 1 aromatic carbocycles. The molecule has 0 fully saturated rings. The van der Waals surface area contributed by atoms with Crippen LogP contribution in [0.3, 0.4) is 0 Å². The lowest BCUT2D eigenvalue weighted by molar-refractivity contribution is 0.473. The first-order chi connectivity index (χ1) is 7.06. The molecular weight excluding hydrogens is 214 g/mol. The summed E-state index contributed by atoms with van der Waals surface area (Å²) in [6.45, 7) is 0.189. The molecule has 1 aromatic rings. The Hall–Kier alpha value is -1.51. The number of sulfonamides is 1. The number of terminal acetylenes is 1. The molecule has 1 rings (SSSR count). The fourth-order valence-electron chi connectivity index (χ4n) is 0.992. The van der Waals surface area contributed by atoms with E-state index in [0.29, 0.717) is 6.42 Å². The minimum Gasteiger partial charge on any atom is -0.508 e. The number of hydrogen-bond acceptors (Lipinski definition) is 3. The Morgan fingerprint density at radius 1 is 1.47 bits per heavy atom. The lowest BCUT2D eigenvalue weighted by Gasteiger charge is -2.04. The Morgan fingerprint density at radius 2 is 2.20 bits per heavy atom. The van der Waals surface area contributed by atoms with Gasteiger partial charge in [0, 0.05) is 13.0 Å². The summed E-state index contributed by atoms with van der Waals surface area (Å²) in [6, 6.07) is 5.45. The largest absolute Gasteiger partial charge is 0.508 e. The van der Waals surface area contributed by atoms with Gasteiger partial charge < -0.3 is 5.11 Å². The predicted molar refractivity (Wildman–Crippen MR) is 56.7 cm³/mol. The normalized spacial score (nSPS) is 10.9. The highest BCUT2D eigenvalue weighted by Crippen LogP contribution is 2.15. The van der Waals surface area contributed by atoms with Gasteiger partial charge in [-0.1, -0.05) is 6.07 Å². The van der Waals surface area contributed by atoms with E-state index in [1.165, 1.54) is 24.3 Å². The van der Waals surface area contributed by atoms with E-state index in [4.69, 9.17) is 11.5 Å². The molecule has 0 heterocycles. The Morgan fingerprint density at radius 3 is 2.80 bits per heavy atom. The van der Waals surface area contributed by atoms with Crippen molar-refractivity contribution in [3.8, 4) is 18.1 Å². The van der Waals surface area contributed by atoms with E-state index in [1.54, 1.807) is 0 Å². The number of nitrogens with one attached hydrogen (secondary N) is 1. The second-order valence-electron chi connectivity index (χ2n) is 2.85. The average Bonchev–Trinajstić information content (AvgIpc) is 2.18. The summed E-state index contributed by atoms with van der Waals surface area (Å²) in [5.74, 6) is 2.24. The summed E-state index contributed by atoms with van der Waals surface area (Å²) in [4.78, 5) is 0.0273. The fraction of sp³-hybridized carbons (Fsp3) is 0.200. The van der Waals surface area contributed by atoms with Crippen molar-refractivity contribution in [2.24, 2.45) is 0 Å². The quantitative estimate of drug-likeness (QED) is 0.585. The van der Waals surface area contributed by atoms with E-state index in [1.807, 2.05) is 0 Å². The maximum absolute atomic E-state index is 11.6. The summed E-state index contributed by atoms with van der Waals surface area (Å²) in [5.41, 5.74) is 0. The molecule has 2 N–H and O–H groups in total. The van der Waals surface area contributed by atoms with E-state index >= 15 is 0 Å². The molecule has 0 aromatic heterocycles. The second-order valence-corrected chi connectivity index (χ2v) is 4.62. The van der Waals surface area contributed by atoms with Gasteiger partial charge >= 0.3 is 0 Å². The number of rotatable bonds is 4. The lowest BCUT2D eigenvalue weighted by atomic mass is 10.3. The zero-order valence-corrected chi connectivity index (χ0v) is 8.79. The third-order valence-corrected chi connectivity index (χ3v) is 3.15. The first-order valence-corrected chi connectivity index (χ1v) is 5.77. The molecule has 5 heteroatoms. The van der Waals surface area contributed by atoms with Gasteiger partial charge in [0.05, 0.1) is 4.90 Å². The molecule has 0 unspecified atom stereocenters. The van der Waals surface area contributed by atoms with Crippen LogP contribution in [-0.2, 0) is 10.0 Å². The Labute approximate surface area is 89.0 Å². The van der Waals surface area contributed by atoms with Gasteiger partial charge in [-0.2, -0.15) is 0 Å². The first kappa shape index (κ1) is 11.6. The van der Waals surface area contributed by atoms with Crippen molar-refractivity contribution in [1.82, 2.24) is 4.72 Å². The number of phenolic OH excluding ortho intramolecular Hbond substituents is 1. The van der Waals surface area contributed by atoms with Crippen LogP contribution in [0.4, 0.5) is 0 Å². The van der Waals surface area contributed by atoms with Crippen LogP contribution in [-0.4, -0.2) is 20.1 Å². The van der Waals surface area contributed by atoms with Gasteiger partial charge in [-0.3, -0.25) is 0 Å². The zero-order valence-electron chi connectivity index (χ0n) is 7.97. The number of hydrogen-bond donors (Lipinski definition) is 2. The van der Waals surface area contributed by atoms with Crippen LogP contribution in [0.15, 0.2) is 29.2 Å². The molecule has 0 aliphatic rings. The highest BCUT2D eigenvalue weighted by molar-refractivity contribution is 7.89. The zero-order chi connectivity index (χ0) is 11.3. The topological polar surface area (TPSA) is 66.4 Å². The molecule has 0 bridgehead atoms. The summed E-state index contributed by atoms with van der Waals surface area (Å²) in [6.07, 6.45) is 5.33. The van der Waals surface area contributed by atoms with Crippen LogP contribution < -0.4 is 4.72 Å². The van der Waals surface area contributed by atoms with Gasteiger partial charge in [-0.15, -0.1) is 12.3 Å². The number of phenols is 1. The highest BCUT2D eigenvalue weighted by atomic mass is 32.2. The fourth-order valence-corrected chi connectivity index (χ4v) is 2.06. The Bertz CT molecular complexity index is 474. The molecule has 15 heavy (non-hydrogen) atoms. The van der Waals surface area contributed by atoms with Crippen molar-refractivity contribution in [2.75, 3.05) is 6.54 Å². The maximum atomic E-state index is 11.6. The van der Waals surface area contributed by atoms with E-state index in [0.717, 1.165) is 0 Å². The van der Waals surface area contributed by atoms with Crippen molar-refractivity contribution in [1.29, 1.82) is 0 Å². The smallest absolute Gasteiger partial charge is 0.240 e. The van der Waals surface area contributed by atoms with Crippen LogP contribution in [0, 0.1) is 12.3 Å². The molecule has 0 amide bonds. The molecule has 0 radical (unpaired) electrons. The third-order valence-electron chi connectivity index (χ3n) is 1.69. The molecule has 0 atom stereocenters. The van der Waals surface area contributed by atoms with Crippen LogP contribution in [0.5, 0.6) is 5.75 Å². The second kappa shape index (κ2) is 4.82. The summed E-state index contributed by atoms with van der Waals surface area (Å²) in [7, 11) is -3.56. The highest BCUT2D eigenvalue weighted by Gasteiger charge is 2.12.